The molecule has 0 atom stereocenters. The molecule has 1 saturated heterocycles. The van der Waals surface area contributed by atoms with Crippen LogP contribution in [0, 0.1) is 6.92 Å². The molecular formula is C15H19N5O3. The number of carbonyl (C=O) groups is 1. The Morgan fingerprint density at radius 1 is 1.43 bits per heavy atom. The van der Waals surface area contributed by atoms with Crippen molar-refractivity contribution in [1.82, 2.24) is 20.2 Å². The van der Waals surface area contributed by atoms with E-state index < -0.39 is 5.97 Å². The van der Waals surface area contributed by atoms with Crippen molar-refractivity contribution >= 4 is 11.8 Å². The van der Waals surface area contributed by atoms with E-state index in [9.17, 15) is 4.79 Å². The largest absolute Gasteiger partial charge is 0.463 e. The predicted octanol–water partition coefficient (Wildman–Crippen LogP) is 1.55. The molecule has 122 valence electrons. The zero-order valence-corrected chi connectivity index (χ0v) is 13.1. The van der Waals surface area contributed by atoms with Crippen LogP contribution < -0.4 is 5.32 Å². The number of aromatic nitrogens is 4. The van der Waals surface area contributed by atoms with E-state index >= 15 is 0 Å². The second-order valence-electron chi connectivity index (χ2n) is 5.41. The molecule has 23 heavy (non-hydrogen) atoms. The number of aromatic amines is 1. The van der Waals surface area contributed by atoms with Gasteiger partial charge in [-0.15, -0.1) is 0 Å². The van der Waals surface area contributed by atoms with Gasteiger partial charge in [-0.1, -0.05) is 0 Å². The summed E-state index contributed by atoms with van der Waals surface area (Å²) in [5, 5.41) is 10.1. The topological polar surface area (TPSA) is 102 Å². The number of aryl methyl sites for hydroxylation is 1. The third kappa shape index (κ3) is 3.48. The van der Waals surface area contributed by atoms with Gasteiger partial charge in [-0.25, -0.2) is 14.8 Å². The minimum absolute atomic E-state index is 0.0812. The molecule has 3 heterocycles. The fourth-order valence-electron chi connectivity index (χ4n) is 2.46. The number of anilines is 1. The van der Waals surface area contributed by atoms with Gasteiger partial charge in [-0.3, -0.25) is 5.10 Å². The second-order valence-corrected chi connectivity index (χ2v) is 5.41. The highest BCUT2D eigenvalue weighted by atomic mass is 16.5. The number of hydrogen-bond donors (Lipinski definition) is 2. The van der Waals surface area contributed by atoms with Crippen LogP contribution in [-0.4, -0.2) is 52.5 Å². The Balaban J connectivity index is 1.82. The first-order valence-corrected chi connectivity index (χ1v) is 7.49. The molecule has 0 aliphatic carbocycles. The number of nitrogens with zero attached hydrogens (tertiary/aromatic N) is 3. The summed E-state index contributed by atoms with van der Waals surface area (Å²) >= 11 is 0. The van der Waals surface area contributed by atoms with Crippen molar-refractivity contribution in [1.29, 1.82) is 0 Å². The van der Waals surface area contributed by atoms with Crippen LogP contribution in [0.25, 0.3) is 11.4 Å². The van der Waals surface area contributed by atoms with E-state index in [1.807, 2.05) is 13.0 Å². The molecule has 0 radical (unpaired) electrons. The fraction of sp³-hybridized carbons (Fsp3) is 0.467. The van der Waals surface area contributed by atoms with Crippen molar-refractivity contribution < 1.29 is 14.3 Å². The summed E-state index contributed by atoms with van der Waals surface area (Å²) in [5.74, 6) is 0.746. The Morgan fingerprint density at radius 3 is 2.96 bits per heavy atom. The standard InChI is InChI=1S/C15H19N5O3/c1-9-8-16-12(17-10-3-5-23-6-4-10)7-11(9)13-18-14(20-19-13)15(21)22-2/h7-8,10H,3-6H2,1-2H3,(H,16,17)(H,18,19,20). The average Bonchev–Trinajstić information content (AvgIpc) is 3.06. The van der Waals surface area contributed by atoms with Crippen molar-refractivity contribution in [2.24, 2.45) is 0 Å². The molecule has 1 fully saturated rings. The van der Waals surface area contributed by atoms with Gasteiger partial charge in [0, 0.05) is 31.0 Å². The van der Waals surface area contributed by atoms with Crippen LogP contribution in [0.5, 0.6) is 0 Å². The monoisotopic (exact) mass is 317 g/mol. The highest BCUT2D eigenvalue weighted by Gasteiger charge is 2.17. The Morgan fingerprint density at radius 2 is 2.22 bits per heavy atom. The lowest BCUT2D eigenvalue weighted by molar-refractivity contribution is 0.0587. The van der Waals surface area contributed by atoms with E-state index in [1.165, 1.54) is 7.11 Å². The van der Waals surface area contributed by atoms with E-state index in [0.717, 1.165) is 43.0 Å². The second kappa shape index (κ2) is 6.74. The normalized spacial score (nSPS) is 15.4. The van der Waals surface area contributed by atoms with Gasteiger partial charge in [0.25, 0.3) is 0 Å². The van der Waals surface area contributed by atoms with Gasteiger partial charge < -0.3 is 14.8 Å². The molecule has 3 rings (SSSR count). The predicted molar refractivity (Wildman–Crippen MR) is 83.2 cm³/mol. The van der Waals surface area contributed by atoms with Crippen LogP contribution in [0.1, 0.15) is 29.0 Å². The number of carbonyl (C=O) groups excluding carboxylic acids is 1. The van der Waals surface area contributed by atoms with Gasteiger partial charge >= 0.3 is 5.97 Å². The molecule has 8 heteroatoms. The molecule has 0 spiro atoms. The first-order chi connectivity index (χ1) is 11.2. The van der Waals surface area contributed by atoms with Gasteiger partial charge in [-0.05, 0) is 31.4 Å². The van der Waals surface area contributed by atoms with Crippen LogP contribution in [0.15, 0.2) is 12.3 Å². The van der Waals surface area contributed by atoms with Crippen LogP contribution in [0.2, 0.25) is 0 Å². The van der Waals surface area contributed by atoms with Gasteiger partial charge in [0.1, 0.15) is 5.82 Å². The molecular weight excluding hydrogens is 298 g/mol. The quantitative estimate of drug-likeness (QED) is 0.825. The first-order valence-electron chi connectivity index (χ1n) is 7.49. The van der Waals surface area contributed by atoms with Gasteiger partial charge in [0.05, 0.1) is 7.11 Å². The van der Waals surface area contributed by atoms with Crippen LogP contribution in [-0.2, 0) is 9.47 Å². The maximum absolute atomic E-state index is 11.5. The third-order valence-electron chi connectivity index (χ3n) is 3.78. The Labute approximate surface area is 133 Å². The molecule has 0 aromatic carbocycles. The van der Waals surface area contributed by atoms with E-state index in [-0.39, 0.29) is 5.82 Å². The van der Waals surface area contributed by atoms with Crippen LogP contribution in [0.3, 0.4) is 0 Å². The lowest BCUT2D eigenvalue weighted by atomic mass is 10.1. The van der Waals surface area contributed by atoms with E-state index in [2.05, 4.69) is 30.2 Å². The number of H-pyrrole nitrogens is 1. The van der Waals surface area contributed by atoms with Gasteiger partial charge in [-0.2, -0.15) is 5.10 Å². The van der Waals surface area contributed by atoms with Crippen molar-refractivity contribution in [2.75, 3.05) is 25.6 Å². The summed E-state index contributed by atoms with van der Waals surface area (Å²) in [6.45, 7) is 3.45. The van der Waals surface area contributed by atoms with Gasteiger partial charge in [0.15, 0.2) is 5.82 Å². The Kier molecular flexibility index (Phi) is 4.52. The van der Waals surface area contributed by atoms with Crippen LogP contribution in [0.4, 0.5) is 5.82 Å². The van der Waals surface area contributed by atoms with Crippen molar-refractivity contribution in [3.8, 4) is 11.4 Å². The molecule has 2 aromatic rings. The Bertz CT molecular complexity index is 694. The summed E-state index contributed by atoms with van der Waals surface area (Å²) in [7, 11) is 1.30. The van der Waals surface area contributed by atoms with Crippen molar-refractivity contribution in [3.05, 3.63) is 23.7 Å². The third-order valence-corrected chi connectivity index (χ3v) is 3.78. The number of pyridine rings is 1. The number of ether oxygens (including phenoxy) is 2. The summed E-state index contributed by atoms with van der Waals surface area (Å²) in [5.41, 5.74) is 1.75. The number of rotatable bonds is 4. The molecule has 1 aliphatic rings. The Hall–Kier alpha value is -2.48. The lowest BCUT2D eigenvalue weighted by Crippen LogP contribution is -2.28. The van der Waals surface area contributed by atoms with E-state index in [1.54, 1.807) is 6.20 Å². The minimum Gasteiger partial charge on any atom is -0.463 e. The van der Waals surface area contributed by atoms with Crippen LogP contribution >= 0.6 is 0 Å². The molecule has 0 amide bonds. The minimum atomic E-state index is -0.545. The smallest absolute Gasteiger partial charge is 0.375 e. The summed E-state index contributed by atoms with van der Waals surface area (Å²) in [6, 6.07) is 2.25. The molecule has 2 N–H and O–H groups in total. The zero-order valence-electron chi connectivity index (χ0n) is 13.1. The summed E-state index contributed by atoms with van der Waals surface area (Å²) in [6.07, 6.45) is 3.68. The SMILES string of the molecule is COC(=O)c1nc(-c2cc(NC3CCOCC3)ncc2C)n[nH]1. The van der Waals surface area contributed by atoms with Crippen molar-refractivity contribution in [3.63, 3.8) is 0 Å². The average molecular weight is 317 g/mol. The van der Waals surface area contributed by atoms with E-state index in [0.29, 0.717) is 11.9 Å². The molecule has 8 nitrogen and oxygen atoms in total. The number of methoxy groups -OCH3 is 1. The lowest BCUT2D eigenvalue weighted by Gasteiger charge is -2.23. The zero-order chi connectivity index (χ0) is 16.2. The fourth-order valence-corrected chi connectivity index (χ4v) is 2.46. The molecule has 0 saturated carbocycles. The highest BCUT2D eigenvalue weighted by Crippen LogP contribution is 2.23. The molecule has 2 aromatic heterocycles. The maximum atomic E-state index is 11.5. The number of nitrogens with one attached hydrogen (secondary N) is 2. The van der Waals surface area contributed by atoms with Gasteiger partial charge in [0.2, 0.25) is 5.82 Å². The summed E-state index contributed by atoms with van der Waals surface area (Å²) < 4.78 is 9.99. The highest BCUT2D eigenvalue weighted by molar-refractivity contribution is 5.85. The molecule has 0 bridgehead atoms. The maximum Gasteiger partial charge on any atom is 0.375 e. The number of hydrogen-bond acceptors (Lipinski definition) is 7. The first kappa shape index (κ1) is 15.4. The van der Waals surface area contributed by atoms with E-state index in [4.69, 9.17) is 4.74 Å². The molecule has 1 aliphatic heterocycles. The van der Waals surface area contributed by atoms with Crippen molar-refractivity contribution in [2.45, 2.75) is 25.8 Å². The number of esters is 1. The summed E-state index contributed by atoms with van der Waals surface area (Å²) in [4.78, 5) is 20.1. The molecule has 0 unspecified atom stereocenters.